The second-order valence-corrected chi connectivity index (χ2v) is 6.75. The minimum atomic E-state index is -0.572. The predicted octanol–water partition coefficient (Wildman–Crippen LogP) is 3.92. The van der Waals surface area contributed by atoms with Crippen LogP contribution in [-0.4, -0.2) is 23.5 Å². The molecule has 0 spiro atoms. The fourth-order valence-corrected chi connectivity index (χ4v) is 3.45. The number of benzene rings is 2. The highest BCUT2D eigenvalue weighted by atomic mass is 16.5. The number of ether oxygens (including phenoxy) is 1. The second kappa shape index (κ2) is 8.05. The van der Waals surface area contributed by atoms with Crippen LogP contribution in [0.1, 0.15) is 23.1 Å². The molecule has 3 aromatic rings. The molecule has 1 amide bonds. The molecule has 1 N–H and O–H groups in total. The number of amides is 1. The summed E-state index contributed by atoms with van der Waals surface area (Å²) in [6.45, 7) is -0.325. The number of hydrogen-bond donors (Lipinski definition) is 1. The molecular formula is C23H20N2O3. The van der Waals surface area contributed by atoms with Crippen molar-refractivity contribution in [1.29, 1.82) is 0 Å². The first kappa shape index (κ1) is 17.9. The molecule has 0 bridgehead atoms. The molecule has 0 radical (unpaired) electrons. The van der Waals surface area contributed by atoms with Crippen molar-refractivity contribution in [3.63, 3.8) is 0 Å². The van der Waals surface area contributed by atoms with Crippen molar-refractivity contribution >= 4 is 34.5 Å². The third-order valence-electron chi connectivity index (χ3n) is 4.79. The number of para-hydroxylation sites is 1. The fraction of sp³-hybridized carbons (Fsp3) is 0.174. The van der Waals surface area contributed by atoms with E-state index in [9.17, 15) is 9.59 Å². The van der Waals surface area contributed by atoms with Crippen LogP contribution in [0.15, 0.2) is 60.8 Å². The number of carbonyl (C=O) groups excluding carboxylic acids is 2. The van der Waals surface area contributed by atoms with Gasteiger partial charge in [0.05, 0.1) is 5.52 Å². The van der Waals surface area contributed by atoms with Gasteiger partial charge < -0.3 is 10.1 Å². The molecular weight excluding hydrogens is 352 g/mol. The van der Waals surface area contributed by atoms with Crippen molar-refractivity contribution in [2.75, 3.05) is 11.9 Å². The molecule has 0 saturated carbocycles. The maximum absolute atomic E-state index is 12.0. The van der Waals surface area contributed by atoms with E-state index in [-0.39, 0.29) is 12.5 Å². The van der Waals surface area contributed by atoms with Crippen molar-refractivity contribution < 1.29 is 14.3 Å². The van der Waals surface area contributed by atoms with Gasteiger partial charge in [0.15, 0.2) is 6.61 Å². The van der Waals surface area contributed by atoms with Gasteiger partial charge in [0, 0.05) is 28.9 Å². The molecule has 1 aliphatic rings. The van der Waals surface area contributed by atoms with Crippen LogP contribution < -0.4 is 5.32 Å². The molecule has 0 saturated heterocycles. The summed E-state index contributed by atoms with van der Waals surface area (Å²) in [4.78, 5) is 28.3. The van der Waals surface area contributed by atoms with E-state index in [1.165, 1.54) is 17.2 Å². The zero-order chi connectivity index (χ0) is 19.3. The molecule has 1 aromatic heterocycles. The molecule has 28 heavy (non-hydrogen) atoms. The summed E-state index contributed by atoms with van der Waals surface area (Å²) in [5.74, 6) is -0.927. The van der Waals surface area contributed by atoms with Crippen LogP contribution in [-0.2, 0) is 27.2 Å². The highest BCUT2D eigenvalue weighted by Crippen LogP contribution is 2.24. The van der Waals surface area contributed by atoms with Gasteiger partial charge in [-0.2, -0.15) is 0 Å². The van der Waals surface area contributed by atoms with Crippen molar-refractivity contribution in [2.45, 2.75) is 19.3 Å². The maximum Gasteiger partial charge on any atom is 0.331 e. The standard InChI is InChI=1S/C23H20N2O3/c26-21(25-20-11-9-16-4-1-7-19(16)14-20)15-28-22(27)12-10-18-6-2-5-17-8-3-13-24-23(17)18/h2-3,5-6,8-14H,1,4,7,15H2,(H,25,26)/b12-10-. The summed E-state index contributed by atoms with van der Waals surface area (Å²) in [5, 5.41) is 3.77. The van der Waals surface area contributed by atoms with Gasteiger partial charge in [0.1, 0.15) is 0 Å². The van der Waals surface area contributed by atoms with Gasteiger partial charge >= 0.3 is 5.97 Å². The highest BCUT2D eigenvalue weighted by Gasteiger charge is 2.12. The van der Waals surface area contributed by atoms with Gasteiger partial charge in [0.2, 0.25) is 0 Å². The normalized spacial score (nSPS) is 12.9. The van der Waals surface area contributed by atoms with Crippen LogP contribution in [0.5, 0.6) is 0 Å². The molecule has 1 heterocycles. The zero-order valence-electron chi connectivity index (χ0n) is 15.4. The number of aryl methyl sites for hydroxylation is 2. The Bertz CT molecular complexity index is 1070. The summed E-state index contributed by atoms with van der Waals surface area (Å²) >= 11 is 0. The molecule has 140 valence electrons. The van der Waals surface area contributed by atoms with Gasteiger partial charge in [-0.25, -0.2) is 4.79 Å². The topological polar surface area (TPSA) is 68.3 Å². The average Bonchev–Trinajstić information content (AvgIpc) is 3.18. The molecule has 0 fully saturated rings. The lowest BCUT2D eigenvalue weighted by molar-refractivity contribution is -0.142. The molecule has 0 unspecified atom stereocenters. The summed E-state index contributed by atoms with van der Waals surface area (Å²) in [7, 11) is 0. The third-order valence-corrected chi connectivity index (χ3v) is 4.79. The van der Waals surface area contributed by atoms with E-state index in [1.54, 1.807) is 12.3 Å². The van der Waals surface area contributed by atoms with Crippen molar-refractivity contribution in [3.8, 4) is 0 Å². The summed E-state index contributed by atoms with van der Waals surface area (Å²) in [6, 6.07) is 15.5. The molecule has 5 heteroatoms. The minimum absolute atomic E-state index is 0.325. The van der Waals surface area contributed by atoms with Crippen LogP contribution >= 0.6 is 0 Å². The number of fused-ring (bicyclic) bond motifs is 2. The smallest absolute Gasteiger partial charge is 0.331 e. The van der Waals surface area contributed by atoms with Crippen LogP contribution in [0.3, 0.4) is 0 Å². The molecule has 5 nitrogen and oxygen atoms in total. The number of nitrogens with one attached hydrogen (secondary N) is 1. The lowest BCUT2D eigenvalue weighted by atomic mass is 10.1. The Balaban J connectivity index is 1.32. The minimum Gasteiger partial charge on any atom is -0.452 e. The van der Waals surface area contributed by atoms with Crippen LogP contribution in [0, 0.1) is 0 Å². The first-order chi connectivity index (χ1) is 13.7. The van der Waals surface area contributed by atoms with Crippen molar-refractivity contribution in [1.82, 2.24) is 4.98 Å². The fourth-order valence-electron chi connectivity index (χ4n) is 3.45. The Morgan fingerprint density at radius 2 is 1.93 bits per heavy atom. The molecule has 0 atom stereocenters. The maximum atomic E-state index is 12.0. The van der Waals surface area contributed by atoms with E-state index in [4.69, 9.17) is 4.74 Å². The van der Waals surface area contributed by atoms with Gasteiger partial charge in [-0.1, -0.05) is 30.3 Å². The summed E-state index contributed by atoms with van der Waals surface area (Å²) in [6.07, 6.45) is 7.97. The molecule has 1 aliphatic carbocycles. The van der Waals surface area contributed by atoms with Gasteiger partial charge in [-0.3, -0.25) is 9.78 Å². The largest absolute Gasteiger partial charge is 0.452 e. The monoisotopic (exact) mass is 372 g/mol. The van der Waals surface area contributed by atoms with Crippen LogP contribution in [0.25, 0.3) is 17.0 Å². The molecule has 4 rings (SSSR count). The number of nitrogens with zero attached hydrogens (tertiary/aromatic N) is 1. The summed E-state index contributed by atoms with van der Waals surface area (Å²) < 4.78 is 5.04. The summed E-state index contributed by atoms with van der Waals surface area (Å²) in [5.41, 5.74) is 4.99. The number of aromatic nitrogens is 1. The Kier molecular flexibility index (Phi) is 5.15. The van der Waals surface area contributed by atoms with E-state index >= 15 is 0 Å². The van der Waals surface area contributed by atoms with E-state index < -0.39 is 5.97 Å². The number of rotatable bonds is 5. The number of hydrogen-bond acceptors (Lipinski definition) is 4. The lowest BCUT2D eigenvalue weighted by Gasteiger charge is -2.07. The van der Waals surface area contributed by atoms with Gasteiger partial charge in [-0.15, -0.1) is 0 Å². The van der Waals surface area contributed by atoms with Gasteiger partial charge in [0.25, 0.3) is 5.91 Å². The predicted molar refractivity (Wildman–Crippen MR) is 109 cm³/mol. The lowest BCUT2D eigenvalue weighted by Crippen LogP contribution is -2.20. The molecule has 0 aliphatic heterocycles. The third kappa shape index (κ3) is 4.09. The zero-order valence-corrected chi connectivity index (χ0v) is 15.4. The SMILES string of the molecule is O=C(COC(=O)/C=C\c1cccc2cccnc12)Nc1ccc2c(c1)CCC2. The number of pyridine rings is 1. The molecule has 2 aromatic carbocycles. The van der Waals surface area contributed by atoms with Crippen LogP contribution in [0.4, 0.5) is 5.69 Å². The quantitative estimate of drug-likeness (QED) is 0.544. The van der Waals surface area contributed by atoms with Crippen molar-refractivity contribution in [3.05, 3.63) is 77.5 Å². The first-order valence-electron chi connectivity index (χ1n) is 9.29. The van der Waals surface area contributed by atoms with E-state index in [2.05, 4.69) is 10.3 Å². The Morgan fingerprint density at radius 1 is 1.07 bits per heavy atom. The Labute approximate surface area is 163 Å². The number of esters is 1. The highest BCUT2D eigenvalue weighted by molar-refractivity contribution is 5.96. The van der Waals surface area contributed by atoms with Crippen LogP contribution in [0.2, 0.25) is 0 Å². The van der Waals surface area contributed by atoms with Gasteiger partial charge in [-0.05, 0) is 54.7 Å². The Morgan fingerprint density at radius 3 is 2.86 bits per heavy atom. The number of anilines is 1. The van der Waals surface area contributed by atoms with E-state index in [0.717, 1.165) is 41.4 Å². The van der Waals surface area contributed by atoms with E-state index in [0.29, 0.717) is 0 Å². The number of carbonyl (C=O) groups is 2. The average molecular weight is 372 g/mol. The Hall–Kier alpha value is -3.47. The van der Waals surface area contributed by atoms with E-state index in [1.807, 2.05) is 48.5 Å². The first-order valence-corrected chi connectivity index (χ1v) is 9.29. The second-order valence-electron chi connectivity index (χ2n) is 6.75. The van der Waals surface area contributed by atoms with Crippen molar-refractivity contribution in [2.24, 2.45) is 0 Å².